The fraction of sp³-hybridized carbons (Fsp3) is 0.385. The maximum absolute atomic E-state index is 11.5. The van der Waals surface area contributed by atoms with Gasteiger partial charge in [0, 0.05) is 18.2 Å². The summed E-state index contributed by atoms with van der Waals surface area (Å²) in [7, 11) is 1.60. The van der Waals surface area contributed by atoms with Crippen LogP contribution in [0.3, 0.4) is 0 Å². The van der Waals surface area contributed by atoms with Gasteiger partial charge in [0.15, 0.2) is 0 Å². The van der Waals surface area contributed by atoms with Crippen LogP contribution in [0.25, 0.3) is 0 Å². The zero-order valence-electron chi connectivity index (χ0n) is 10.5. The fourth-order valence-electron chi connectivity index (χ4n) is 2.06. The topological polar surface area (TPSA) is 50.4 Å². The van der Waals surface area contributed by atoms with Crippen molar-refractivity contribution in [3.8, 4) is 5.75 Å². The number of ether oxygens (including phenoxy) is 1. The number of thiocarbonyl (C=S) groups is 1. The van der Waals surface area contributed by atoms with Gasteiger partial charge in [0.2, 0.25) is 5.91 Å². The largest absolute Gasteiger partial charge is 0.494 e. The Morgan fingerprint density at radius 2 is 2.22 bits per heavy atom. The van der Waals surface area contributed by atoms with Crippen molar-refractivity contribution in [3.05, 3.63) is 17.7 Å². The number of hydrogen-bond acceptors (Lipinski definition) is 3. The third kappa shape index (κ3) is 2.79. The van der Waals surface area contributed by atoms with E-state index < -0.39 is 0 Å². The first-order valence-electron chi connectivity index (χ1n) is 5.88. The minimum atomic E-state index is 0.0579. The second kappa shape index (κ2) is 5.35. The highest BCUT2D eigenvalue weighted by Crippen LogP contribution is 2.33. The summed E-state index contributed by atoms with van der Waals surface area (Å²) in [6.45, 7) is 1.82. The highest BCUT2D eigenvalue weighted by Gasteiger charge is 2.16. The van der Waals surface area contributed by atoms with E-state index in [1.807, 2.05) is 19.1 Å². The van der Waals surface area contributed by atoms with Crippen molar-refractivity contribution in [2.45, 2.75) is 26.2 Å². The molecule has 1 heterocycles. The Kier molecular flexibility index (Phi) is 3.81. The first-order valence-corrected chi connectivity index (χ1v) is 6.29. The maximum Gasteiger partial charge on any atom is 0.224 e. The molecule has 2 N–H and O–H groups in total. The molecule has 1 aromatic rings. The molecule has 5 heteroatoms. The van der Waals surface area contributed by atoms with Gasteiger partial charge in [-0.25, -0.2) is 0 Å². The van der Waals surface area contributed by atoms with Crippen LogP contribution in [0.15, 0.2) is 12.1 Å². The molecular weight excluding hydrogens is 248 g/mol. The van der Waals surface area contributed by atoms with Crippen LogP contribution < -0.4 is 15.4 Å². The van der Waals surface area contributed by atoms with Crippen LogP contribution >= 0.6 is 12.2 Å². The van der Waals surface area contributed by atoms with Crippen molar-refractivity contribution < 1.29 is 9.53 Å². The molecule has 0 aliphatic carbocycles. The Balaban J connectivity index is 2.42. The summed E-state index contributed by atoms with van der Waals surface area (Å²) < 4.78 is 5.31. The van der Waals surface area contributed by atoms with Crippen LogP contribution in [0.4, 0.5) is 11.4 Å². The summed E-state index contributed by atoms with van der Waals surface area (Å²) in [5, 5.41) is 6.00. The normalized spacial score (nSPS) is 14.2. The SMILES string of the molecule is COc1cc2c(cc1NC(C)=S)CCCC(=O)N2. The third-order valence-electron chi connectivity index (χ3n) is 2.86. The van der Waals surface area contributed by atoms with Crippen molar-refractivity contribution >= 4 is 34.5 Å². The van der Waals surface area contributed by atoms with Crippen LogP contribution in [0.2, 0.25) is 0 Å². The second-order valence-electron chi connectivity index (χ2n) is 4.29. The lowest BCUT2D eigenvalue weighted by Crippen LogP contribution is -2.10. The van der Waals surface area contributed by atoms with Gasteiger partial charge >= 0.3 is 0 Å². The smallest absolute Gasteiger partial charge is 0.224 e. The monoisotopic (exact) mass is 264 g/mol. The Morgan fingerprint density at radius 3 is 2.89 bits per heavy atom. The van der Waals surface area contributed by atoms with E-state index in [0.717, 1.165) is 29.8 Å². The first kappa shape index (κ1) is 12.8. The van der Waals surface area contributed by atoms with Crippen LogP contribution in [-0.4, -0.2) is 18.0 Å². The van der Waals surface area contributed by atoms with E-state index in [-0.39, 0.29) is 5.91 Å². The highest BCUT2D eigenvalue weighted by atomic mass is 32.1. The average Bonchev–Trinajstić information content (AvgIpc) is 2.48. The van der Waals surface area contributed by atoms with E-state index in [1.165, 1.54) is 0 Å². The number of carbonyl (C=O) groups is 1. The molecule has 0 saturated heterocycles. The Bertz CT molecular complexity index is 500. The van der Waals surface area contributed by atoms with Gasteiger partial charge < -0.3 is 15.4 Å². The Labute approximate surface area is 112 Å². The quantitative estimate of drug-likeness (QED) is 0.806. The number of methoxy groups -OCH3 is 1. The van der Waals surface area contributed by atoms with Crippen LogP contribution in [0, 0.1) is 0 Å². The molecule has 0 radical (unpaired) electrons. The summed E-state index contributed by atoms with van der Waals surface area (Å²) in [5.74, 6) is 0.739. The first-order chi connectivity index (χ1) is 8.60. The van der Waals surface area contributed by atoms with Crippen LogP contribution in [-0.2, 0) is 11.2 Å². The lowest BCUT2D eigenvalue weighted by Gasteiger charge is -2.15. The van der Waals surface area contributed by atoms with E-state index in [4.69, 9.17) is 17.0 Å². The van der Waals surface area contributed by atoms with Crippen molar-refractivity contribution in [2.24, 2.45) is 0 Å². The second-order valence-corrected chi connectivity index (χ2v) is 4.90. The summed E-state index contributed by atoms with van der Waals surface area (Å²) in [6.07, 6.45) is 2.30. The summed E-state index contributed by atoms with van der Waals surface area (Å²) >= 11 is 5.05. The molecule has 2 rings (SSSR count). The van der Waals surface area contributed by atoms with Gasteiger partial charge in [-0.2, -0.15) is 0 Å². The van der Waals surface area contributed by atoms with E-state index in [0.29, 0.717) is 17.2 Å². The summed E-state index contributed by atoms with van der Waals surface area (Å²) in [4.78, 5) is 12.2. The van der Waals surface area contributed by atoms with Crippen molar-refractivity contribution in [3.63, 3.8) is 0 Å². The lowest BCUT2D eigenvalue weighted by atomic mass is 10.1. The average molecular weight is 264 g/mol. The maximum atomic E-state index is 11.5. The predicted octanol–water partition coefficient (Wildman–Crippen LogP) is 2.73. The van der Waals surface area contributed by atoms with Crippen LogP contribution in [0.5, 0.6) is 5.75 Å². The van der Waals surface area contributed by atoms with E-state index >= 15 is 0 Å². The van der Waals surface area contributed by atoms with E-state index in [1.54, 1.807) is 7.11 Å². The van der Waals surface area contributed by atoms with E-state index in [9.17, 15) is 4.79 Å². The molecule has 1 amide bonds. The molecule has 4 nitrogen and oxygen atoms in total. The zero-order chi connectivity index (χ0) is 13.1. The molecule has 18 heavy (non-hydrogen) atoms. The van der Waals surface area contributed by atoms with Gasteiger partial charge in [0.1, 0.15) is 5.75 Å². The highest BCUT2D eigenvalue weighted by molar-refractivity contribution is 7.80. The molecule has 0 spiro atoms. The minimum absolute atomic E-state index is 0.0579. The minimum Gasteiger partial charge on any atom is -0.494 e. The number of fused-ring (bicyclic) bond motifs is 1. The fourth-order valence-corrected chi connectivity index (χ4v) is 2.17. The van der Waals surface area contributed by atoms with Gasteiger partial charge in [-0.05, 0) is 31.4 Å². The molecule has 0 unspecified atom stereocenters. The number of aryl methyl sites for hydroxylation is 1. The lowest BCUT2D eigenvalue weighted by molar-refractivity contribution is -0.116. The predicted molar refractivity (Wildman–Crippen MR) is 76.5 cm³/mol. The number of rotatable bonds is 2. The Morgan fingerprint density at radius 1 is 1.44 bits per heavy atom. The molecule has 0 fully saturated rings. The number of amides is 1. The van der Waals surface area contributed by atoms with Crippen molar-refractivity contribution in [2.75, 3.05) is 17.7 Å². The molecule has 0 saturated carbocycles. The molecule has 1 aliphatic heterocycles. The Hall–Kier alpha value is -1.62. The number of anilines is 2. The van der Waals surface area contributed by atoms with Gasteiger partial charge in [0.05, 0.1) is 17.8 Å². The van der Waals surface area contributed by atoms with Crippen LogP contribution in [0.1, 0.15) is 25.3 Å². The summed E-state index contributed by atoms with van der Waals surface area (Å²) in [6, 6.07) is 3.84. The van der Waals surface area contributed by atoms with Gasteiger partial charge in [0.25, 0.3) is 0 Å². The zero-order valence-corrected chi connectivity index (χ0v) is 11.3. The molecule has 0 bridgehead atoms. The standard InChI is InChI=1S/C13H16N2O2S/c1-8(18)14-11-6-9-4-3-5-13(16)15-10(9)7-12(11)17-2/h6-7H,3-5H2,1-2H3,(H,14,18)(H,15,16). The summed E-state index contributed by atoms with van der Waals surface area (Å²) in [5.41, 5.74) is 2.79. The number of carbonyl (C=O) groups excluding carboxylic acids is 1. The molecule has 0 aromatic heterocycles. The number of benzene rings is 1. The third-order valence-corrected chi connectivity index (χ3v) is 2.96. The molecule has 0 atom stereocenters. The van der Waals surface area contributed by atoms with Crippen molar-refractivity contribution in [1.82, 2.24) is 0 Å². The van der Waals surface area contributed by atoms with E-state index in [2.05, 4.69) is 10.6 Å². The van der Waals surface area contributed by atoms with Gasteiger partial charge in [-0.1, -0.05) is 12.2 Å². The molecular formula is C13H16N2O2S. The molecule has 1 aromatic carbocycles. The molecule has 96 valence electrons. The van der Waals surface area contributed by atoms with Crippen molar-refractivity contribution in [1.29, 1.82) is 0 Å². The van der Waals surface area contributed by atoms with Gasteiger partial charge in [-0.15, -0.1) is 0 Å². The number of nitrogens with one attached hydrogen (secondary N) is 2. The number of hydrogen-bond donors (Lipinski definition) is 2. The van der Waals surface area contributed by atoms with Gasteiger partial charge in [-0.3, -0.25) is 4.79 Å². The molecule has 1 aliphatic rings.